The molecule has 3 rings (SSSR count). The molecule has 0 unspecified atom stereocenters. The van der Waals surface area contributed by atoms with E-state index in [9.17, 15) is 14.4 Å². The van der Waals surface area contributed by atoms with Gasteiger partial charge in [0.25, 0.3) is 0 Å². The van der Waals surface area contributed by atoms with Crippen LogP contribution in [0.2, 0.25) is 5.02 Å². The SMILES string of the molecule is CCCC[C@@H](NC(=O)OCc1ccccc1)C(=O)Oc1cc2oc(=O)cc(CCC)c2cc1Cl. The number of aryl methyl sites for hydroxylation is 1. The summed E-state index contributed by atoms with van der Waals surface area (Å²) in [5.41, 5.74) is 1.44. The minimum atomic E-state index is -0.923. The molecule has 1 amide bonds. The van der Waals surface area contributed by atoms with Crippen LogP contribution in [-0.4, -0.2) is 18.1 Å². The lowest BCUT2D eigenvalue weighted by Gasteiger charge is -2.18. The zero-order valence-corrected chi connectivity index (χ0v) is 20.0. The summed E-state index contributed by atoms with van der Waals surface area (Å²) >= 11 is 6.38. The molecule has 34 heavy (non-hydrogen) atoms. The van der Waals surface area contributed by atoms with Crippen molar-refractivity contribution in [2.45, 2.75) is 58.6 Å². The molecule has 3 aromatic rings. The van der Waals surface area contributed by atoms with Crippen molar-refractivity contribution in [1.29, 1.82) is 0 Å². The Kier molecular flexibility index (Phi) is 9.10. The molecule has 0 spiro atoms. The maximum Gasteiger partial charge on any atom is 0.408 e. The predicted molar refractivity (Wildman–Crippen MR) is 130 cm³/mol. The average molecular weight is 486 g/mol. The van der Waals surface area contributed by atoms with Crippen molar-refractivity contribution in [3.8, 4) is 5.75 Å². The summed E-state index contributed by atoms with van der Waals surface area (Å²) in [7, 11) is 0. The number of carbonyl (C=O) groups is 2. The van der Waals surface area contributed by atoms with Crippen molar-refractivity contribution in [3.05, 3.63) is 75.1 Å². The third-order valence-electron chi connectivity index (χ3n) is 5.25. The highest BCUT2D eigenvalue weighted by Crippen LogP contribution is 2.32. The number of carbonyl (C=O) groups excluding carboxylic acids is 2. The van der Waals surface area contributed by atoms with E-state index in [2.05, 4.69) is 5.32 Å². The highest BCUT2D eigenvalue weighted by molar-refractivity contribution is 6.33. The zero-order valence-electron chi connectivity index (χ0n) is 19.3. The van der Waals surface area contributed by atoms with Gasteiger partial charge in [0.1, 0.15) is 18.2 Å². The summed E-state index contributed by atoms with van der Waals surface area (Å²) < 4.78 is 16.0. The van der Waals surface area contributed by atoms with Crippen molar-refractivity contribution in [2.75, 3.05) is 0 Å². The van der Waals surface area contributed by atoms with E-state index in [0.717, 1.165) is 24.0 Å². The largest absolute Gasteiger partial charge is 0.445 e. The summed E-state index contributed by atoms with van der Waals surface area (Å²) in [5, 5.41) is 3.47. The molecule has 7 nitrogen and oxygen atoms in total. The summed E-state index contributed by atoms with van der Waals surface area (Å²) in [6, 6.07) is 12.8. The highest BCUT2D eigenvalue weighted by atomic mass is 35.5. The van der Waals surface area contributed by atoms with Crippen molar-refractivity contribution in [3.63, 3.8) is 0 Å². The van der Waals surface area contributed by atoms with E-state index < -0.39 is 23.7 Å². The molecule has 0 saturated carbocycles. The van der Waals surface area contributed by atoms with Crippen LogP contribution in [0.15, 0.2) is 57.7 Å². The molecule has 180 valence electrons. The molecule has 0 radical (unpaired) electrons. The van der Waals surface area contributed by atoms with E-state index >= 15 is 0 Å². The Morgan fingerprint density at radius 1 is 1.09 bits per heavy atom. The number of hydrogen-bond acceptors (Lipinski definition) is 6. The number of fused-ring (bicyclic) bond motifs is 1. The second kappa shape index (κ2) is 12.2. The maximum absolute atomic E-state index is 12.9. The van der Waals surface area contributed by atoms with Crippen LogP contribution in [0.5, 0.6) is 5.75 Å². The first-order chi connectivity index (χ1) is 16.4. The summed E-state index contributed by atoms with van der Waals surface area (Å²) in [5.74, 6) is -0.629. The standard InChI is InChI=1S/C26H28ClNO6/c1-3-5-12-21(28-26(31)32-16-17-10-7-6-8-11-17)25(30)34-23-15-22-19(14-20(23)27)18(9-4-2)13-24(29)33-22/h6-8,10-11,13-15,21H,3-5,9,12,16H2,1-2H3,(H,28,31)/t21-/m1/s1. The fourth-order valence-electron chi connectivity index (χ4n) is 3.53. The van der Waals surface area contributed by atoms with Crippen LogP contribution in [0.1, 0.15) is 50.7 Å². The predicted octanol–water partition coefficient (Wildman–Crippen LogP) is 5.79. The second-order valence-electron chi connectivity index (χ2n) is 7.94. The highest BCUT2D eigenvalue weighted by Gasteiger charge is 2.24. The van der Waals surface area contributed by atoms with Gasteiger partial charge >= 0.3 is 17.7 Å². The average Bonchev–Trinajstić information content (AvgIpc) is 2.82. The number of alkyl carbamates (subject to hydrolysis) is 1. The zero-order chi connectivity index (χ0) is 24.5. The molecule has 1 N–H and O–H groups in total. The third kappa shape index (κ3) is 6.84. The molecule has 8 heteroatoms. The molecule has 0 aliphatic heterocycles. The van der Waals surface area contributed by atoms with Crippen LogP contribution >= 0.6 is 11.6 Å². The van der Waals surface area contributed by atoms with Gasteiger partial charge in [-0.25, -0.2) is 14.4 Å². The lowest BCUT2D eigenvalue weighted by Crippen LogP contribution is -2.43. The number of ether oxygens (including phenoxy) is 2. The normalized spacial score (nSPS) is 11.7. The summed E-state index contributed by atoms with van der Waals surface area (Å²) in [6.45, 7) is 4.07. The molecule has 2 aromatic carbocycles. The van der Waals surface area contributed by atoms with E-state index in [1.165, 1.54) is 12.1 Å². The van der Waals surface area contributed by atoms with E-state index in [1.54, 1.807) is 6.07 Å². The maximum atomic E-state index is 12.9. The fourth-order valence-corrected chi connectivity index (χ4v) is 3.73. The molecule has 0 fully saturated rings. The first-order valence-electron chi connectivity index (χ1n) is 11.4. The minimum Gasteiger partial charge on any atom is -0.445 e. The molecule has 1 atom stereocenters. The Balaban J connectivity index is 1.74. The molecular formula is C26H28ClNO6. The van der Waals surface area contributed by atoms with Crippen LogP contribution in [0.25, 0.3) is 11.0 Å². The van der Waals surface area contributed by atoms with Crippen molar-refractivity contribution < 1.29 is 23.5 Å². The van der Waals surface area contributed by atoms with Gasteiger partial charge in [-0.2, -0.15) is 0 Å². The monoisotopic (exact) mass is 485 g/mol. The number of esters is 1. The van der Waals surface area contributed by atoms with Gasteiger partial charge in [0.05, 0.1) is 5.02 Å². The Morgan fingerprint density at radius 2 is 1.85 bits per heavy atom. The minimum absolute atomic E-state index is 0.0527. The van der Waals surface area contributed by atoms with Gasteiger partial charge in [-0.3, -0.25) is 0 Å². The number of nitrogens with one attached hydrogen (secondary N) is 1. The Hall–Kier alpha value is -3.32. The first-order valence-corrected chi connectivity index (χ1v) is 11.7. The quantitative estimate of drug-likeness (QED) is 0.222. The van der Waals surface area contributed by atoms with Crippen molar-refractivity contribution in [1.82, 2.24) is 5.32 Å². The summed E-state index contributed by atoms with van der Waals surface area (Å²) in [4.78, 5) is 37.2. The topological polar surface area (TPSA) is 94.8 Å². The van der Waals surface area contributed by atoms with Crippen LogP contribution in [0.3, 0.4) is 0 Å². The van der Waals surface area contributed by atoms with E-state index in [4.69, 9.17) is 25.5 Å². The van der Waals surface area contributed by atoms with Gasteiger partial charge in [-0.1, -0.05) is 75.0 Å². The molecule has 0 bridgehead atoms. The van der Waals surface area contributed by atoms with Crippen molar-refractivity contribution in [2.24, 2.45) is 0 Å². The van der Waals surface area contributed by atoms with Gasteiger partial charge in [0, 0.05) is 17.5 Å². The van der Waals surface area contributed by atoms with Crippen LogP contribution in [0.4, 0.5) is 4.79 Å². The Labute approximate surface area is 203 Å². The number of unbranched alkanes of at least 4 members (excludes halogenated alkanes) is 1. The number of amides is 1. The number of benzene rings is 2. The van der Waals surface area contributed by atoms with E-state index in [1.807, 2.05) is 44.2 Å². The molecule has 0 saturated heterocycles. The van der Waals surface area contributed by atoms with Gasteiger partial charge < -0.3 is 19.2 Å². The van der Waals surface area contributed by atoms with Gasteiger partial charge in [-0.05, 0) is 30.0 Å². The fraction of sp³-hybridized carbons (Fsp3) is 0.346. The Bertz CT molecular complexity index is 1190. The smallest absolute Gasteiger partial charge is 0.408 e. The molecule has 1 aromatic heterocycles. The number of rotatable bonds is 10. The van der Waals surface area contributed by atoms with E-state index in [-0.39, 0.29) is 23.0 Å². The van der Waals surface area contributed by atoms with Crippen LogP contribution in [0, 0.1) is 0 Å². The van der Waals surface area contributed by atoms with Gasteiger partial charge in [-0.15, -0.1) is 0 Å². The van der Waals surface area contributed by atoms with Crippen molar-refractivity contribution >= 4 is 34.6 Å². The molecule has 1 heterocycles. The molecule has 0 aliphatic carbocycles. The number of halogens is 1. The lowest BCUT2D eigenvalue weighted by molar-refractivity contribution is -0.136. The third-order valence-corrected chi connectivity index (χ3v) is 5.54. The summed E-state index contributed by atoms with van der Waals surface area (Å²) in [6.07, 6.45) is 2.70. The van der Waals surface area contributed by atoms with Gasteiger partial charge in [0.15, 0.2) is 5.75 Å². The molecular weight excluding hydrogens is 458 g/mol. The Morgan fingerprint density at radius 3 is 2.56 bits per heavy atom. The second-order valence-corrected chi connectivity index (χ2v) is 8.35. The lowest BCUT2D eigenvalue weighted by atomic mass is 10.1. The van der Waals surface area contributed by atoms with Crippen LogP contribution < -0.4 is 15.7 Å². The van der Waals surface area contributed by atoms with Crippen LogP contribution in [-0.2, 0) is 22.6 Å². The number of hydrogen-bond donors (Lipinski definition) is 1. The first kappa shape index (κ1) is 25.3. The molecule has 0 aliphatic rings. The van der Waals surface area contributed by atoms with E-state index in [0.29, 0.717) is 24.6 Å². The van der Waals surface area contributed by atoms with Gasteiger partial charge in [0.2, 0.25) is 0 Å².